The number of ether oxygens (including phenoxy) is 1. The van der Waals surface area contributed by atoms with Gasteiger partial charge < -0.3 is 14.2 Å². The van der Waals surface area contributed by atoms with Crippen molar-refractivity contribution in [2.75, 3.05) is 4.90 Å². The summed E-state index contributed by atoms with van der Waals surface area (Å²) in [6.07, 6.45) is -0.485. The van der Waals surface area contributed by atoms with Crippen LogP contribution in [0.25, 0.3) is 0 Å². The van der Waals surface area contributed by atoms with Gasteiger partial charge in [-0.15, -0.1) is 0 Å². The molecule has 0 aliphatic carbocycles. The largest absolute Gasteiger partial charge is 0.479 e. The minimum Gasteiger partial charge on any atom is -0.479 e. The number of nitrogens with zero attached hydrogens (tertiary/aromatic N) is 2. The standard InChI is InChI=1S/C16H18N2O3/c1-9-5-6-15-14(7-9)18(16(19)12(4)20-15)8-13-10(2)17-21-11(13)3/h5-7,12H,8H2,1-4H3. The van der Waals surface area contributed by atoms with Crippen molar-refractivity contribution in [1.82, 2.24) is 5.16 Å². The van der Waals surface area contributed by atoms with Gasteiger partial charge in [0.05, 0.1) is 17.9 Å². The Kier molecular flexibility index (Phi) is 3.20. The fourth-order valence-electron chi connectivity index (χ4n) is 2.57. The molecule has 5 nitrogen and oxygen atoms in total. The van der Waals surface area contributed by atoms with Crippen molar-refractivity contribution in [2.24, 2.45) is 0 Å². The van der Waals surface area contributed by atoms with E-state index in [9.17, 15) is 4.79 Å². The zero-order chi connectivity index (χ0) is 15.1. The van der Waals surface area contributed by atoms with Crippen LogP contribution in [0.3, 0.4) is 0 Å². The van der Waals surface area contributed by atoms with Gasteiger partial charge >= 0.3 is 0 Å². The topological polar surface area (TPSA) is 55.6 Å². The maximum Gasteiger partial charge on any atom is 0.268 e. The number of amides is 1. The highest BCUT2D eigenvalue weighted by Crippen LogP contribution is 2.36. The molecule has 0 bridgehead atoms. The lowest BCUT2D eigenvalue weighted by atomic mass is 10.1. The van der Waals surface area contributed by atoms with E-state index in [2.05, 4.69) is 5.16 Å². The molecule has 0 radical (unpaired) electrons. The van der Waals surface area contributed by atoms with Gasteiger partial charge in [-0.2, -0.15) is 0 Å². The van der Waals surface area contributed by atoms with Crippen molar-refractivity contribution in [2.45, 2.75) is 40.3 Å². The van der Waals surface area contributed by atoms with E-state index in [-0.39, 0.29) is 5.91 Å². The summed E-state index contributed by atoms with van der Waals surface area (Å²) in [6.45, 7) is 7.96. The fraction of sp³-hybridized carbons (Fsp3) is 0.375. The van der Waals surface area contributed by atoms with Gasteiger partial charge in [-0.3, -0.25) is 4.79 Å². The van der Waals surface area contributed by atoms with Crippen LogP contribution in [0.2, 0.25) is 0 Å². The van der Waals surface area contributed by atoms with Gasteiger partial charge in [0.25, 0.3) is 5.91 Å². The van der Waals surface area contributed by atoms with Crippen molar-refractivity contribution in [3.63, 3.8) is 0 Å². The Morgan fingerprint density at radius 1 is 1.29 bits per heavy atom. The van der Waals surface area contributed by atoms with Crippen LogP contribution in [-0.2, 0) is 11.3 Å². The predicted molar refractivity (Wildman–Crippen MR) is 78.4 cm³/mol. The van der Waals surface area contributed by atoms with Gasteiger partial charge in [-0.25, -0.2) is 0 Å². The molecule has 1 aliphatic rings. The lowest BCUT2D eigenvalue weighted by Crippen LogP contribution is -2.44. The number of rotatable bonds is 2. The van der Waals surface area contributed by atoms with E-state index in [4.69, 9.17) is 9.26 Å². The van der Waals surface area contributed by atoms with Crippen molar-refractivity contribution >= 4 is 11.6 Å². The summed E-state index contributed by atoms with van der Waals surface area (Å²) in [5, 5.41) is 3.96. The van der Waals surface area contributed by atoms with Gasteiger partial charge in [0.2, 0.25) is 0 Å². The molecule has 21 heavy (non-hydrogen) atoms. The Morgan fingerprint density at radius 2 is 2.05 bits per heavy atom. The van der Waals surface area contributed by atoms with Gasteiger partial charge in [0, 0.05) is 5.56 Å². The zero-order valence-electron chi connectivity index (χ0n) is 12.6. The fourth-order valence-corrected chi connectivity index (χ4v) is 2.57. The maximum absolute atomic E-state index is 12.5. The minimum absolute atomic E-state index is 0.0481. The van der Waals surface area contributed by atoms with Crippen LogP contribution in [0.5, 0.6) is 5.75 Å². The summed E-state index contributed by atoms with van der Waals surface area (Å²) in [5.74, 6) is 1.43. The van der Waals surface area contributed by atoms with E-state index in [1.165, 1.54) is 0 Å². The minimum atomic E-state index is -0.485. The second-order valence-corrected chi connectivity index (χ2v) is 5.46. The highest BCUT2D eigenvalue weighted by Gasteiger charge is 2.32. The molecule has 1 amide bonds. The van der Waals surface area contributed by atoms with E-state index in [0.717, 1.165) is 34.0 Å². The number of carbonyl (C=O) groups excluding carboxylic acids is 1. The zero-order valence-corrected chi connectivity index (χ0v) is 12.6. The number of carbonyl (C=O) groups is 1. The van der Waals surface area contributed by atoms with Crippen LogP contribution in [0.1, 0.15) is 29.5 Å². The quantitative estimate of drug-likeness (QED) is 0.851. The Labute approximate surface area is 123 Å². The van der Waals surface area contributed by atoms with Gasteiger partial charge in [-0.05, 0) is 45.4 Å². The second kappa shape index (κ2) is 4.91. The number of aromatic nitrogens is 1. The molecular weight excluding hydrogens is 268 g/mol. The summed E-state index contributed by atoms with van der Waals surface area (Å²) >= 11 is 0. The number of fused-ring (bicyclic) bond motifs is 1. The summed E-state index contributed by atoms with van der Waals surface area (Å²) in [6, 6.07) is 5.86. The number of benzene rings is 1. The molecule has 0 saturated heterocycles. The van der Waals surface area contributed by atoms with E-state index in [1.54, 1.807) is 11.8 Å². The first-order chi connectivity index (χ1) is 9.97. The molecule has 0 fully saturated rings. The molecule has 1 aliphatic heterocycles. The van der Waals surface area contributed by atoms with Crippen LogP contribution in [0.4, 0.5) is 5.69 Å². The average molecular weight is 286 g/mol. The summed E-state index contributed by atoms with van der Waals surface area (Å²) < 4.78 is 10.9. The van der Waals surface area contributed by atoms with Crippen LogP contribution in [0, 0.1) is 20.8 Å². The number of anilines is 1. The monoisotopic (exact) mass is 286 g/mol. The predicted octanol–water partition coefficient (Wildman–Crippen LogP) is 2.91. The molecule has 0 N–H and O–H groups in total. The number of aryl methyl sites for hydroxylation is 3. The van der Waals surface area contributed by atoms with E-state index in [1.807, 2.05) is 39.0 Å². The number of hydrogen-bond donors (Lipinski definition) is 0. The first-order valence-electron chi connectivity index (χ1n) is 6.98. The molecule has 0 spiro atoms. The maximum atomic E-state index is 12.5. The van der Waals surface area contributed by atoms with Gasteiger partial charge in [0.1, 0.15) is 11.5 Å². The molecule has 1 atom stereocenters. The Hall–Kier alpha value is -2.30. The smallest absolute Gasteiger partial charge is 0.268 e. The van der Waals surface area contributed by atoms with Crippen LogP contribution < -0.4 is 9.64 Å². The molecule has 1 aromatic carbocycles. The van der Waals surface area contributed by atoms with E-state index >= 15 is 0 Å². The van der Waals surface area contributed by atoms with Crippen molar-refractivity contribution in [3.8, 4) is 5.75 Å². The highest BCUT2D eigenvalue weighted by atomic mass is 16.5. The Bertz CT molecular complexity index is 686. The molecule has 5 heteroatoms. The molecule has 110 valence electrons. The van der Waals surface area contributed by atoms with Gasteiger partial charge in [-0.1, -0.05) is 11.2 Å². The molecule has 1 aromatic heterocycles. The Balaban J connectivity index is 2.04. The first kappa shape index (κ1) is 13.7. The summed E-state index contributed by atoms with van der Waals surface area (Å²) in [5.41, 5.74) is 3.65. The highest BCUT2D eigenvalue weighted by molar-refractivity contribution is 5.99. The second-order valence-electron chi connectivity index (χ2n) is 5.46. The molecule has 1 unspecified atom stereocenters. The normalized spacial score (nSPS) is 17.6. The van der Waals surface area contributed by atoms with E-state index in [0.29, 0.717) is 6.54 Å². The van der Waals surface area contributed by atoms with Crippen molar-refractivity contribution in [3.05, 3.63) is 40.8 Å². The molecule has 2 aromatic rings. The molecule has 2 heterocycles. The van der Waals surface area contributed by atoms with E-state index < -0.39 is 6.10 Å². The third-order valence-corrected chi connectivity index (χ3v) is 3.82. The van der Waals surface area contributed by atoms with Crippen LogP contribution in [0.15, 0.2) is 22.7 Å². The lowest BCUT2D eigenvalue weighted by Gasteiger charge is -2.33. The SMILES string of the molecule is Cc1ccc2c(c1)N(Cc1c(C)noc1C)C(=O)C(C)O2. The lowest BCUT2D eigenvalue weighted by molar-refractivity contribution is -0.125. The summed E-state index contributed by atoms with van der Waals surface area (Å²) in [4.78, 5) is 14.3. The van der Waals surface area contributed by atoms with Crippen molar-refractivity contribution < 1.29 is 14.1 Å². The van der Waals surface area contributed by atoms with Gasteiger partial charge in [0.15, 0.2) is 6.10 Å². The summed E-state index contributed by atoms with van der Waals surface area (Å²) in [7, 11) is 0. The number of hydrogen-bond acceptors (Lipinski definition) is 4. The molecule has 0 saturated carbocycles. The van der Waals surface area contributed by atoms with Crippen LogP contribution in [-0.4, -0.2) is 17.2 Å². The third-order valence-electron chi connectivity index (χ3n) is 3.82. The Morgan fingerprint density at radius 3 is 2.71 bits per heavy atom. The average Bonchev–Trinajstić information content (AvgIpc) is 2.76. The molecule has 3 rings (SSSR count). The van der Waals surface area contributed by atoms with Crippen molar-refractivity contribution in [1.29, 1.82) is 0 Å². The van der Waals surface area contributed by atoms with Crippen LogP contribution >= 0.6 is 0 Å². The first-order valence-corrected chi connectivity index (χ1v) is 6.98. The third kappa shape index (κ3) is 2.28. The molecular formula is C16H18N2O3.